The molecular formula is C17H13BrClNO. The maximum Gasteiger partial charge on any atom is 0.221 e. The number of fused-ring (bicyclic) bond motifs is 1. The second-order valence-corrected chi connectivity index (χ2v) is 5.88. The van der Waals surface area contributed by atoms with Crippen LogP contribution in [0.1, 0.15) is 11.3 Å². The molecule has 2 aromatic carbocycles. The molecule has 106 valence electrons. The summed E-state index contributed by atoms with van der Waals surface area (Å²) in [4.78, 5) is 4.49. The standard InChI is InChI=1S/C17H13BrClNO/c18-14-6-3-4-12(8-14)11-21-17-16-7-2-1-5-13(16)9-15(10-19)20-17/h1-9H,10-11H2. The number of ether oxygens (including phenoxy) is 1. The van der Waals surface area contributed by atoms with Crippen LogP contribution in [0, 0.1) is 0 Å². The fraction of sp³-hybridized carbons (Fsp3) is 0.118. The Bertz CT molecular complexity index is 776. The molecule has 0 spiro atoms. The zero-order chi connectivity index (χ0) is 14.7. The van der Waals surface area contributed by atoms with Crippen molar-refractivity contribution in [3.05, 3.63) is 70.3 Å². The Kier molecular flexibility index (Phi) is 4.42. The number of hydrogen-bond acceptors (Lipinski definition) is 2. The van der Waals surface area contributed by atoms with Gasteiger partial charge in [-0.25, -0.2) is 4.98 Å². The first-order chi connectivity index (χ1) is 10.3. The lowest BCUT2D eigenvalue weighted by molar-refractivity contribution is 0.297. The van der Waals surface area contributed by atoms with Gasteiger partial charge in [-0.15, -0.1) is 11.6 Å². The lowest BCUT2D eigenvalue weighted by Gasteiger charge is -2.10. The van der Waals surface area contributed by atoms with Gasteiger partial charge in [0.05, 0.1) is 11.6 Å². The SMILES string of the molecule is ClCc1cc2ccccc2c(OCc2cccc(Br)c2)n1. The van der Waals surface area contributed by atoms with E-state index in [1.807, 2.05) is 54.6 Å². The molecule has 0 bridgehead atoms. The summed E-state index contributed by atoms with van der Waals surface area (Å²) in [6.45, 7) is 0.474. The van der Waals surface area contributed by atoms with Crippen LogP contribution in [-0.4, -0.2) is 4.98 Å². The predicted molar refractivity (Wildman–Crippen MR) is 89.8 cm³/mol. The smallest absolute Gasteiger partial charge is 0.221 e. The summed E-state index contributed by atoms with van der Waals surface area (Å²) < 4.78 is 6.95. The summed E-state index contributed by atoms with van der Waals surface area (Å²) in [7, 11) is 0. The molecule has 0 saturated heterocycles. The highest BCUT2D eigenvalue weighted by molar-refractivity contribution is 9.10. The van der Waals surface area contributed by atoms with Gasteiger partial charge < -0.3 is 4.74 Å². The average Bonchev–Trinajstić information content (AvgIpc) is 2.52. The highest BCUT2D eigenvalue weighted by atomic mass is 79.9. The van der Waals surface area contributed by atoms with Crippen molar-refractivity contribution in [3.8, 4) is 5.88 Å². The summed E-state index contributed by atoms with van der Waals surface area (Å²) in [5, 5.41) is 2.09. The Balaban J connectivity index is 1.92. The van der Waals surface area contributed by atoms with Crippen molar-refractivity contribution in [2.24, 2.45) is 0 Å². The van der Waals surface area contributed by atoms with Crippen LogP contribution < -0.4 is 4.74 Å². The van der Waals surface area contributed by atoms with E-state index < -0.39 is 0 Å². The quantitative estimate of drug-likeness (QED) is 0.586. The lowest BCUT2D eigenvalue weighted by atomic mass is 10.1. The molecule has 3 aromatic rings. The first-order valence-corrected chi connectivity index (χ1v) is 7.91. The van der Waals surface area contributed by atoms with Crippen molar-refractivity contribution in [1.29, 1.82) is 0 Å². The minimum Gasteiger partial charge on any atom is -0.472 e. The topological polar surface area (TPSA) is 22.1 Å². The van der Waals surface area contributed by atoms with Crippen molar-refractivity contribution >= 4 is 38.3 Å². The highest BCUT2D eigenvalue weighted by Gasteiger charge is 2.07. The van der Waals surface area contributed by atoms with E-state index in [1.165, 1.54) is 0 Å². The van der Waals surface area contributed by atoms with Crippen LogP contribution in [0.15, 0.2) is 59.1 Å². The molecule has 0 saturated carbocycles. The van der Waals surface area contributed by atoms with Crippen LogP contribution in [0.5, 0.6) is 5.88 Å². The molecule has 0 atom stereocenters. The number of aromatic nitrogens is 1. The first-order valence-electron chi connectivity index (χ1n) is 6.58. The normalized spacial score (nSPS) is 10.8. The van der Waals surface area contributed by atoms with Gasteiger partial charge in [-0.3, -0.25) is 0 Å². The largest absolute Gasteiger partial charge is 0.472 e. The molecule has 1 aromatic heterocycles. The van der Waals surface area contributed by atoms with E-state index in [4.69, 9.17) is 16.3 Å². The molecule has 0 aliphatic rings. The van der Waals surface area contributed by atoms with E-state index in [-0.39, 0.29) is 0 Å². The van der Waals surface area contributed by atoms with Gasteiger partial charge in [0.25, 0.3) is 0 Å². The maximum atomic E-state index is 5.91. The number of pyridine rings is 1. The van der Waals surface area contributed by atoms with Crippen molar-refractivity contribution in [2.75, 3.05) is 0 Å². The minimum absolute atomic E-state index is 0.373. The molecule has 3 rings (SSSR count). The fourth-order valence-electron chi connectivity index (χ4n) is 2.18. The molecule has 2 nitrogen and oxygen atoms in total. The van der Waals surface area contributed by atoms with E-state index >= 15 is 0 Å². The molecule has 21 heavy (non-hydrogen) atoms. The molecule has 0 amide bonds. The number of alkyl halides is 1. The summed E-state index contributed by atoms with van der Waals surface area (Å²) in [6.07, 6.45) is 0. The lowest BCUT2D eigenvalue weighted by Crippen LogP contribution is -2.00. The number of nitrogens with zero attached hydrogens (tertiary/aromatic N) is 1. The average molecular weight is 363 g/mol. The Morgan fingerprint density at radius 3 is 2.71 bits per heavy atom. The third-order valence-electron chi connectivity index (χ3n) is 3.16. The van der Waals surface area contributed by atoms with E-state index in [0.717, 1.165) is 26.5 Å². The van der Waals surface area contributed by atoms with Crippen LogP contribution in [0.2, 0.25) is 0 Å². The van der Waals surface area contributed by atoms with Crippen LogP contribution in [0.4, 0.5) is 0 Å². The second kappa shape index (κ2) is 6.46. The van der Waals surface area contributed by atoms with Gasteiger partial charge >= 0.3 is 0 Å². The molecule has 4 heteroatoms. The predicted octanol–water partition coefficient (Wildman–Crippen LogP) is 5.32. The molecule has 0 unspecified atom stereocenters. The molecule has 0 radical (unpaired) electrons. The molecule has 0 aliphatic heterocycles. The maximum absolute atomic E-state index is 5.91. The Labute approximate surface area is 136 Å². The molecule has 0 N–H and O–H groups in total. The van der Waals surface area contributed by atoms with Crippen molar-refractivity contribution in [3.63, 3.8) is 0 Å². The molecular weight excluding hydrogens is 350 g/mol. The van der Waals surface area contributed by atoms with Gasteiger partial charge in [0.2, 0.25) is 5.88 Å². The van der Waals surface area contributed by atoms with Crippen LogP contribution in [-0.2, 0) is 12.5 Å². The van der Waals surface area contributed by atoms with E-state index in [2.05, 4.69) is 20.9 Å². The molecule has 0 fully saturated rings. The van der Waals surface area contributed by atoms with Crippen molar-refractivity contribution in [2.45, 2.75) is 12.5 Å². The molecule has 1 heterocycles. The first kappa shape index (κ1) is 14.4. The third kappa shape index (κ3) is 3.36. The van der Waals surface area contributed by atoms with Gasteiger partial charge in [0.1, 0.15) is 6.61 Å². The monoisotopic (exact) mass is 361 g/mol. The minimum atomic E-state index is 0.373. The van der Waals surface area contributed by atoms with Gasteiger partial charge in [0, 0.05) is 9.86 Å². The third-order valence-corrected chi connectivity index (χ3v) is 3.93. The van der Waals surface area contributed by atoms with Crippen molar-refractivity contribution in [1.82, 2.24) is 4.98 Å². The van der Waals surface area contributed by atoms with Gasteiger partial charge in [-0.1, -0.05) is 46.3 Å². The van der Waals surface area contributed by atoms with Crippen LogP contribution >= 0.6 is 27.5 Å². The van der Waals surface area contributed by atoms with Crippen LogP contribution in [0.25, 0.3) is 10.8 Å². The van der Waals surface area contributed by atoms with Gasteiger partial charge in [0.15, 0.2) is 0 Å². The zero-order valence-corrected chi connectivity index (χ0v) is 13.6. The summed E-state index contributed by atoms with van der Waals surface area (Å²) in [6, 6.07) is 18.1. The number of benzene rings is 2. The summed E-state index contributed by atoms with van der Waals surface area (Å²) in [5.74, 6) is 1.00. The van der Waals surface area contributed by atoms with Crippen LogP contribution in [0.3, 0.4) is 0 Å². The Morgan fingerprint density at radius 2 is 1.90 bits per heavy atom. The molecule has 0 aliphatic carbocycles. The van der Waals surface area contributed by atoms with E-state index in [1.54, 1.807) is 0 Å². The van der Waals surface area contributed by atoms with Crippen molar-refractivity contribution < 1.29 is 4.74 Å². The number of rotatable bonds is 4. The number of halogens is 2. The van der Waals surface area contributed by atoms with Gasteiger partial charge in [-0.2, -0.15) is 0 Å². The second-order valence-electron chi connectivity index (χ2n) is 4.69. The number of hydrogen-bond donors (Lipinski definition) is 0. The fourth-order valence-corrected chi connectivity index (χ4v) is 2.76. The Morgan fingerprint density at radius 1 is 1.05 bits per heavy atom. The van der Waals surface area contributed by atoms with E-state index in [0.29, 0.717) is 18.4 Å². The highest BCUT2D eigenvalue weighted by Crippen LogP contribution is 2.26. The Hall–Kier alpha value is -1.58. The summed E-state index contributed by atoms with van der Waals surface area (Å²) >= 11 is 9.38. The summed E-state index contributed by atoms with van der Waals surface area (Å²) in [5.41, 5.74) is 1.91. The zero-order valence-electron chi connectivity index (χ0n) is 11.2. The van der Waals surface area contributed by atoms with E-state index in [9.17, 15) is 0 Å². The van der Waals surface area contributed by atoms with Gasteiger partial charge in [-0.05, 0) is 35.2 Å².